The molecule has 1 heterocycles. The quantitative estimate of drug-likeness (QED) is 0.836. The third-order valence-electron chi connectivity index (χ3n) is 3.73. The van der Waals surface area contributed by atoms with E-state index in [1.165, 1.54) is 0 Å². The molecule has 1 N–H and O–H groups in total. The highest BCUT2D eigenvalue weighted by Gasteiger charge is 2.42. The number of nitrogens with zero attached hydrogens (tertiary/aromatic N) is 1. The van der Waals surface area contributed by atoms with Crippen LogP contribution in [0, 0.1) is 11.3 Å². The Morgan fingerprint density at radius 2 is 1.94 bits per heavy atom. The van der Waals surface area contributed by atoms with Crippen LogP contribution in [0.4, 0.5) is 13.2 Å². The Morgan fingerprint density at radius 3 is 2.41 bits per heavy atom. The van der Waals surface area contributed by atoms with Crippen LogP contribution in [0.5, 0.6) is 0 Å². The second kappa shape index (κ2) is 5.14. The van der Waals surface area contributed by atoms with E-state index in [2.05, 4.69) is 0 Å². The monoisotopic (exact) mass is 253 g/mol. The molecule has 0 aliphatic carbocycles. The molecule has 2 atom stereocenters. The van der Waals surface area contributed by atoms with E-state index in [4.69, 9.17) is 0 Å². The van der Waals surface area contributed by atoms with Crippen LogP contribution in [-0.2, 0) is 0 Å². The van der Waals surface area contributed by atoms with Gasteiger partial charge in [0.1, 0.15) is 0 Å². The van der Waals surface area contributed by atoms with E-state index < -0.39 is 18.2 Å². The minimum atomic E-state index is -4.09. The molecular weight excluding hydrogens is 231 g/mol. The van der Waals surface area contributed by atoms with Gasteiger partial charge in [-0.2, -0.15) is 13.2 Å². The van der Waals surface area contributed by atoms with Gasteiger partial charge in [-0.1, -0.05) is 13.8 Å². The van der Waals surface area contributed by atoms with Crippen LogP contribution < -0.4 is 0 Å². The molecule has 0 saturated carbocycles. The normalized spacial score (nSPS) is 25.9. The van der Waals surface area contributed by atoms with Gasteiger partial charge in [0.05, 0.1) is 12.0 Å². The molecule has 0 spiro atoms. The summed E-state index contributed by atoms with van der Waals surface area (Å²) in [4.78, 5) is 1.83. The number of halogens is 3. The zero-order chi connectivity index (χ0) is 13.3. The van der Waals surface area contributed by atoms with E-state index in [0.717, 1.165) is 0 Å². The SMILES string of the molecule is CC(O)C(C)(C)CN1CCCC(C(F)(F)F)C1. The number of piperidine rings is 1. The number of aliphatic hydroxyl groups excluding tert-OH is 1. The lowest BCUT2D eigenvalue weighted by Crippen LogP contribution is -2.47. The molecule has 0 amide bonds. The summed E-state index contributed by atoms with van der Waals surface area (Å²) in [6, 6.07) is 0. The number of likely N-dealkylation sites (tertiary alicyclic amines) is 1. The number of hydrogen-bond acceptors (Lipinski definition) is 2. The molecule has 0 bridgehead atoms. The Labute approximate surface area is 101 Å². The van der Waals surface area contributed by atoms with Crippen molar-refractivity contribution in [3.63, 3.8) is 0 Å². The average molecular weight is 253 g/mol. The molecule has 0 aromatic rings. The Morgan fingerprint density at radius 1 is 1.35 bits per heavy atom. The van der Waals surface area contributed by atoms with Crippen LogP contribution in [0.15, 0.2) is 0 Å². The first kappa shape index (κ1) is 14.8. The molecule has 0 aromatic carbocycles. The van der Waals surface area contributed by atoms with Crippen LogP contribution >= 0.6 is 0 Å². The van der Waals surface area contributed by atoms with Gasteiger partial charge in [-0.05, 0) is 26.3 Å². The van der Waals surface area contributed by atoms with Crippen molar-refractivity contribution in [2.45, 2.75) is 45.9 Å². The maximum absolute atomic E-state index is 12.6. The molecule has 1 aliphatic heterocycles. The lowest BCUT2D eigenvalue weighted by atomic mass is 9.85. The largest absolute Gasteiger partial charge is 0.393 e. The summed E-state index contributed by atoms with van der Waals surface area (Å²) >= 11 is 0. The highest BCUT2D eigenvalue weighted by molar-refractivity contribution is 4.84. The van der Waals surface area contributed by atoms with Crippen molar-refractivity contribution in [1.29, 1.82) is 0 Å². The highest BCUT2D eigenvalue weighted by atomic mass is 19.4. The third-order valence-corrected chi connectivity index (χ3v) is 3.73. The smallest absolute Gasteiger partial charge is 0.393 e. The number of aliphatic hydroxyl groups is 1. The summed E-state index contributed by atoms with van der Waals surface area (Å²) in [5.41, 5.74) is -0.368. The van der Waals surface area contributed by atoms with Crippen molar-refractivity contribution < 1.29 is 18.3 Å². The van der Waals surface area contributed by atoms with Crippen LogP contribution in [-0.4, -0.2) is 41.9 Å². The number of hydrogen-bond donors (Lipinski definition) is 1. The first-order chi connectivity index (χ1) is 7.63. The van der Waals surface area contributed by atoms with Gasteiger partial charge in [0.15, 0.2) is 0 Å². The van der Waals surface area contributed by atoms with Gasteiger partial charge in [-0.3, -0.25) is 0 Å². The van der Waals surface area contributed by atoms with Crippen LogP contribution in [0.1, 0.15) is 33.6 Å². The highest BCUT2D eigenvalue weighted by Crippen LogP contribution is 2.34. The molecule has 1 rings (SSSR count). The summed E-state index contributed by atoms with van der Waals surface area (Å²) in [6.07, 6.45) is -3.79. The average Bonchev–Trinajstić information content (AvgIpc) is 2.15. The molecule has 1 saturated heterocycles. The first-order valence-electron chi connectivity index (χ1n) is 6.10. The lowest BCUT2D eigenvalue weighted by Gasteiger charge is -2.39. The van der Waals surface area contributed by atoms with Gasteiger partial charge < -0.3 is 10.0 Å². The molecule has 2 unspecified atom stereocenters. The number of rotatable bonds is 3. The maximum atomic E-state index is 12.6. The van der Waals surface area contributed by atoms with E-state index in [1.54, 1.807) is 6.92 Å². The fraction of sp³-hybridized carbons (Fsp3) is 1.00. The predicted molar refractivity (Wildman–Crippen MR) is 60.7 cm³/mol. The van der Waals surface area contributed by atoms with Gasteiger partial charge in [-0.15, -0.1) is 0 Å². The summed E-state index contributed by atoms with van der Waals surface area (Å²) in [5.74, 6) is -1.21. The van der Waals surface area contributed by atoms with Crippen molar-refractivity contribution >= 4 is 0 Å². The molecule has 2 nitrogen and oxygen atoms in total. The summed E-state index contributed by atoms with van der Waals surface area (Å²) in [7, 11) is 0. The fourth-order valence-corrected chi connectivity index (χ4v) is 2.17. The van der Waals surface area contributed by atoms with Gasteiger partial charge in [0.2, 0.25) is 0 Å². The molecular formula is C12H22F3NO. The van der Waals surface area contributed by atoms with Crippen molar-refractivity contribution in [2.75, 3.05) is 19.6 Å². The zero-order valence-corrected chi connectivity index (χ0v) is 10.7. The standard InChI is InChI=1S/C12H22F3NO/c1-9(17)11(2,3)8-16-6-4-5-10(7-16)12(13,14)15/h9-10,17H,4-8H2,1-3H3. The van der Waals surface area contributed by atoms with Gasteiger partial charge in [-0.25, -0.2) is 0 Å². The van der Waals surface area contributed by atoms with Gasteiger partial charge in [0.25, 0.3) is 0 Å². The summed E-state index contributed by atoms with van der Waals surface area (Å²) < 4.78 is 37.9. The Balaban J connectivity index is 2.56. The van der Waals surface area contributed by atoms with Gasteiger partial charge >= 0.3 is 6.18 Å². The van der Waals surface area contributed by atoms with E-state index in [0.29, 0.717) is 19.5 Å². The molecule has 1 fully saturated rings. The fourth-order valence-electron chi connectivity index (χ4n) is 2.17. The minimum absolute atomic E-state index is 0.0691. The summed E-state index contributed by atoms with van der Waals surface area (Å²) in [5, 5.41) is 9.59. The summed E-state index contributed by atoms with van der Waals surface area (Å²) in [6.45, 7) is 6.73. The second-order valence-electron chi connectivity index (χ2n) is 5.78. The van der Waals surface area contributed by atoms with E-state index in [9.17, 15) is 18.3 Å². The number of alkyl halides is 3. The Bertz CT molecular complexity index is 251. The van der Waals surface area contributed by atoms with Crippen molar-refractivity contribution in [1.82, 2.24) is 4.90 Å². The van der Waals surface area contributed by atoms with E-state index >= 15 is 0 Å². The topological polar surface area (TPSA) is 23.5 Å². The molecule has 0 radical (unpaired) electrons. The van der Waals surface area contributed by atoms with Gasteiger partial charge in [0, 0.05) is 18.5 Å². The van der Waals surface area contributed by atoms with Crippen LogP contribution in [0.25, 0.3) is 0 Å². The Hall–Kier alpha value is -0.290. The lowest BCUT2D eigenvalue weighted by molar-refractivity contribution is -0.188. The third kappa shape index (κ3) is 4.14. The van der Waals surface area contributed by atoms with E-state index in [-0.39, 0.29) is 18.4 Å². The molecule has 102 valence electrons. The molecule has 0 aromatic heterocycles. The molecule has 17 heavy (non-hydrogen) atoms. The van der Waals surface area contributed by atoms with Crippen molar-refractivity contribution in [3.05, 3.63) is 0 Å². The zero-order valence-electron chi connectivity index (χ0n) is 10.7. The van der Waals surface area contributed by atoms with Crippen LogP contribution in [0.3, 0.4) is 0 Å². The van der Waals surface area contributed by atoms with Crippen LogP contribution in [0.2, 0.25) is 0 Å². The predicted octanol–water partition coefficient (Wildman–Crippen LogP) is 2.67. The second-order valence-corrected chi connectivity index (χ2v) is 5.78. The maximum Gasteiger partial charge on any atom is 0.393 e. The van der Waals surface area contributed by atoms with Crippen molar-refractivity contribution in [3.8, 4) is 0 Å². The molecule has 1 aliphatic rings. The first-order valence-corrected chi connectivity index (χ1v) is 6.10. The minimum Gasteiger partial charge on any atom is -0.393 e. The Kier molecular flexibility index (Phi) is 4.47. The van der Waals surface area contributed by atoms with E-state index in [1.807, 2.05) is 18.7 Å². The molecule has 5 heteroatoms. The van der Waals surface area contributed by atoms with Crippen molar-refractivity contribution in [2.24, 2.45) is 11.3 Å².